The molecule has 2 aromatic carbocycles. The Balaban J connectivity index is 1.49. The van der Waals surface area contributed by atoms with Gasteiger partial charge in [-0.25, -0.2) is 4.79 Å². The zero-order valence-electron chi connectivity index (χ0n) is 14.6. The number of carboxylic acid groups (broad SMARTS) is 1. The average molecular weight is 339 g/mol. The maximum atomic E-state index is 11.1. The number of methoxy groups -OCH3 is 1. The molecule has 0 saturated carbocycles. The maximum absolute atomic E-state index is 11.1. The van der Waals surface area contributed by atoms with Crippen LogP contribution < -0.4 is 4.74 Å². The Kier molecular flexibility index (Phi) is 5.71. The van der Waals surface area contributed by atoms with Crippen molar-refractivity contribution in [3.05, 3.63) is 65.2 Å². The van der Waals surface area contributed by atoms with E-state index < -0.39 is 5.97 Å². The number of hydrogen-bond donors (Lipinski definition) is 1. The van der Waals surface area contributed by atoms with Gasteiger partial charge < -0.3 is 9.84 Å². The van der Waals surface area contributed by atoms with Crippen LogP contribution in [0.4, 0.5) is 0 Å². The van der Waals surface area contributed by atoms with Crippen LogP contribution in [-0.2, 0) is 13.0 Å². The van der Waals surface area contributed by atoms with Gasteiger partial charge in [-0.05, 0) is 73.7 Å². The van der Waals surface area contributed by atoms with E-state index >= 15 is 0 Å². The van der Waals surface area contributed by atoms with Gasteiger partial charge in [0, 0.05) is 6.54 Å². The van der Waals surface area contributed by atoms with Crippen LogP contribution in [0, 0.1) is 5.92 Å². The fourth-order valence-electron chi connectivity index (χ4n) is 3.50. The molecule has 3 rings (SSSR count). The molecule has 0 aromatic heterocycles. The van der Waals surface area contributed by atoms with Gasteiger partial charge in [0.2, 0.25) is 0 Å². The lowest BCUT2D eigenvalue weighted by atomic mass is 9.90. The van der Waals surface area contributed by atoms with Crippen molar-refractivity contribution in [2.45, 2.75) is 25.8 Å². The van der Waals surface area contributed by atoms with E-state index in [1.165, 1.54) is 18.4 Å². The molecule has 2 aromatic rings. The smallest absolute Gasteiger partial charge is 0.335 e. The van der Waals surface area contributed by atoms with Gasteiger partial charge in [0.25, 0.3) is 0 Å². The third kappa shape index (κ3) is 4.83. The molecule has 132 valence electrons. The molecular weight excluding hydrogens is 314 g/mol. The van der Waals surface area contributed by atoms with Crippen LogP contribution in [0.25, 0.3) is 0 Å². The molecular formula is C21H25NO3. The van der Waals surface area contributed by atoms with Gasteiger partial charge in [0.1, 0.15) is 5.75 Å². The molecule has 4 nitrogen and oxygen atoms in total. The molecule has 1 N–H and O–H groups in total. The molecule has 4 heteroatoms. The molecule has 1 saturated heterocycles. The Hall–Kier alpha value is -2.33. The fourth-order valence-corrected chi connectivity index (χ4v) is 3.50. The topological polar surface area (TPSA) is 49.8 Å². The second-order valence-corrected chi connectivity index (χ2v) is 6.78. The summed E-state index contributed by atoms with van der Waals surface area (Å²) in [5.74, 6) is 0.761. The molecule has 1 heterocycles. The van der Waals surface area contributed by atoms with E-state index in [2.05, 4.69) is 17.0 Å². The first-order valence-corrected chi connectivity index (χ1v) is 8.81. The van der Waals surface area contributed by atoms with Gasteiger partial charge in [-0.3, -0.25) is 4.90 Å². The Labute approximate surface area is 149 Å². The molecule has 1 aliphatic heterocycles. The van der Waals surface area contributed by atoms with Gasteiger partial charge in [0.15, 0.2) is 0 Å². The van der Waals surface area contributed by atoms with E-state index in [9.17, 15) is 4.79 Å². The van der Waals surface area contributed by atoms with Crippen molar-refractivity contribution in [3.8, 4) is 5.75 Å². The molecule has 1 aliphatic rings. The quantitative estimate of drug-likeness (QED) is 0.868. The van der Waals surface area contributed by atoms with E-state index in [1.54, 1.807) is 19.2 Å². The monoisotopic (exact) mass is 339 g/mol. The number of carboxylic acids is 1. The first-order chi connectivity index (χ1) is 12.1. The number of carbonyl (C=O) groups is 1. The van der Waals surface area contributed by atoms with Gasteiger partial charge in [-0.1, -0.05) is 24.3 Å². The number of likely N-dealkylation sites (tertiary alicyclic amines) is 1. The number of aromatic carboxylic acids is 1. The second kappa shape index (κ2) is 8.17. The first kappa shape index (κ1) is 17.5. The molecule has 0 radical (unpaired) electrons. The van der Waals surface area contributed by atoms with Crippen LogP contribution in [0.5, 0.6) is 5.75 Å². The van der Waals surface area contributed by atoms with E-state index in [0.29, 0.717) is 5.56 Å². The van der Waals surface area contributed by atoms with Gasteiger partial charge >= 0.3 is 5.97 Å². The van der Waals surface area contributed by atoms with Gasteiger partial charge in [-0.15, -0.1) is 0 Å². The van der Waals surface area contributed by atoms with Crippen LogP contribution in [0.15, 0.2) is 48.5 Å². The lowest BCUT2D eigenvalue weighted by Gasteiger charge is -2.32. The third-order valence-corrected chi connectivity index (χ3v) is 4.97. The van der Waals surface area contributed by atoms with Crippen LogP contribution in [0.1, 0.15) is 34.3 Å². The summed E-state index contributed by atoms with van der Waals surface area (Å²) in [4.78, 5) is 13.5. The molecule has 0 amide bonds. The number of nitrogens with zero attached hydrogens (tertiary/aromatic N) is 1. The lowest BCUT2D eigenvalue weighted by Crippen LogP contribution is -2.33. The summed E-state index contributed by atoms with van der Waals surface area (Å²) in [5.41, 5.74) is 2.81. The van der Waals surface area contributed by atoms with E-state index in [-0.39, 0.29) is 0 Å². The SMILES string of the molecule is COc1ccc(CC2CCN(Cc3cccc(C(=O)O)c3)CC2)cc1. The van der Waals surface area contributed by atoms with Crippen LogP contribution in [-0.4, -0.2) is 36.2 Å². The average Bonchev–Trinajstić information content (AvgIpc) is 2.64. The number of ether oxygens (including phenoxy) is 1. The van der Waals surface area contributed by atoms with Crippen molar-refractivity contribution in [2.24, 2.45) is 5.92 Å². The zero-order valence-corrected chi connectivity index (χ0v) is 14.6. The Morgan fingerprint density at radius 1 is 1.12 bits per heavy atom. The highest BCUT2D eigenvalue weighted by molar-refractivity contribution is 5.87. The Morgan fingerprint density at radius 2 is 1.84 bits per heavy atom. The minimum Gasteiger partial charge on any atom is -0.497 e. The van der Waals surface area contributed by atoms with Crippen molar-refractivity contribution >= 4 is 5.97 Å². The summed E-state index contributed by atoms with van der Waals surface area (Å²) in [6.45, 7) is 2.96. The molecule has 1 fully saturated rings. The number of benzene rings is 2. The highest BCUT2D eigenvalue weighted by Gasteiger charge is 2.19. The predicted molar refractivity (Wildman–Crippen MR) is 98.1 cm³/mol. The van der Waals surface area contributed by atoms with Gasteiger partial charge in [-0.2, -0.15) is 0 Å². The Bertz CT molecular complexity index is 703. The van der Waals surface area contributed by atoms with Gasteiger partial charge in [0.05, 0.1) is 12.7 Å². The van der Waals surface area contributed by atoms with E-state index in [1.807, 2.05) is 24.3 Å². The molecule has 25 heavy (non-hydrogen) atoms. The lowest BCUT2D eigenvalue weighted by molar-refractivity contribution is 0.0696. The summed E-state index contributed by atoms with van der Waals surface area (Å²) in [6.07, 6.45) is 3.49. The second-order valence-electron chi connectivity index (χ2n) is 6.78. The van der Waals surface area contributed by atoms with Crippen molar-refractivity contribution < 1.29 is 14.6 Å². The highest BCUT2D eigenvalue weighted by Crippen LogP contribution is 2.24. The normalized spacial score (nSPS) is 15.9. The van der Waals surface area contributed by atoms with Crippen molar-refractivity contribution in [1.82, 2.24) is 4.90 Å². The summed E-state index contributed by atoms with van der Waals surface area (Å²) in [7, 11) is 1.69. The zero-order chi connectivity index (χ0) is 17.6. The van der Waals surface area contributed by atoms with E-state index in [0.717, 1.165) is 43.3 Å². The largest absolute Gasteiger partial charge is 0.497 e. The summed E-state index contributed by atoms with van der Waals surface area (Å²) in [5, 5.41) is 9.10. The summed E-state index contributed by atoms with van der Waals surface area (Å²) < 4.78 is 5.21. The van der Waals surface area contributed by atoms with Crippen LogP contribution >= 0.6 is 0 Å². The summed E-state index contributed by atoms with van der Waals surface area (Å²) >= 11 is 0. The third-order valence-electron chi connectivity index (χ3n) is 4.97. The molecule has 0 aliphatic carbocycles. The minimum absolute atomic E-state index is 0.367. The van der Waals surface area contributed by atoms with Crippen LogP contribution in [0.3, 0.4) is 0 Å². The molecule has 0 atom stereocenters. The minimum atomic E-state index is -0.861. The predicted octanol–water partition coefficient (Wildman–Crippen LogP) is 3.85. The van der Waals surface area contributed by atoms with E-state index in [4.69, 9.17) is 9.84 Å². The summed E-state index contributed by atoms with van der Waals surface area (Å²) in [6, 6.07) is 15.6. The van der Waals surface area contributed by atoms with Crippen molar-refractivity contribution in [1.29, 1.82) is 0 Å². The molecule has 0 bridgehead atoms. The van der Waals surface area contributed by atoms with Crippen molar-refractivity contribution in [2.75, 3.05) is 20.2 Å². The highest BCUT2D eigenvalue weighted by atomic mass is 16.5. The standard InChI is InChI=1S/C21H25NO3/c1-25-20-7-5-16(6-8-20)13-17-9-11-22(12-10-17)15-18-3-2-4-19(14-18)21(23)24/h2-8,14,17H,9-13,15H2,1H3,(H,23,24). The molecule has 0 unspecified atom stereocenters. The first-order valence-electron chi connectivity index (χ1n) is 8.81. The van der Waals surface area contributed by atoms with Crippen molar-refractivity contribution in [3.63, 3.8) is 0 Å². The molecule has 0 spiro atoms. The Morgan fingerprint density at radius 3 is 2.48 bits per heavy atom. The number of hydrogen-bond acceptors (Lipinski definition) is 3. The maximum Gasteiger partial charge on any atom is 0.335 e. The number of rotatable bonds is 6. The van der Waals surface area contributed by atoms with Crippen LogP contribution in [0.2, 0.25) is 0 Å². The number of piperidine rings is 1. The fraction of sp³-hybridized carbons (Fsp3) is 0.381.